The van der Waals surface area contributed by atoms with Gasteiger partial charge in [-0.1, -0.05) is 0 Å². The van der Waals surface area contributed by atoms with Gasteiger partial charge in [0, 0.05) is 6.20 Å². The first-order valence-corrected chi connectivity index (χ1v) is 3.70. The van der Waals surface area contributed by atoms with Gasteiger partial charge in [0.15, 0.2) is 5.82 Å². The molecule has 0 aromatic carbocycles. The predicted octanol–water partition coefficient (Wildman–Crippen LogP) is 1.53. The molecule has 0 N–H and O–H groups in total. The van der Waals surface area contributed by atoms with E-state index >= 15 is 0 Å². The zero-order chi connectivity index (χ0) is 11.6. The number of alkyl halides is 3. The topological polar surface area (TPSA) is 45.8 Å². The fourth-order valence-corrected chi connectivity index (χ4v) is 0.948. The van der Waals surface area contributed by atoms with Gasteiger partial charge in [0.05, 0.1) is 11.6 Å². The Morgan fingerprint density at radius 1 is 1.47 bits per heavy atom. The number of pyridine rings is 1. The van der Waals surface area contributed by atoms with E-state index < -0.39 is 29.7 Å². The van der Waals surface area contributed by atoms with Crippen molar-refractivity contribution in [3.63, 3.8) is 0 Å². The van der Waals surface area contributed by atoms with Gasteiger partial charge >= 0.3 is 6.18 Å². The Morgan fingerprint density at radius 3 is 2.53 bits per heavy atom. The maximum absolute atomic E-state index is 12.8. The van der Waals surface area contributed by atoms with E-state index in [1.165, 1.54) is 6.07 Å². The molecule has 0 amide bonds. The van der Waals surface area contributed by atoms with Crippen LogP contribution in [0.1, 0.15) is 5.56 Å². The van der Waals surface area contributed by atoms with Crippen LogP contribution < -0.4 is 5.56 Å². The zero-order valence-corrected chi connectivity index (χ0v) is 7.18. The van der Waals surface area contributed by atoms with E-state index in [9.17, 15) is 22.4 Å². The van der Waals surface area contributed by atoms with E-state index in [4.69, 9.17) is 5.26 Å². The van der Waals surface area contributed by atoms with Crippen molar-refractivity contribution in [2.45, 2.75) is 12.7 Å². The zero-order valence-electron chi connectivity index (χ0n) is 7.18. The van der Waals surface area contributed by atoms with Gasteiger partial charge in [-0.2, -0.15) is 18.4 Å². The maximum Gasteiger partial charge on any atom is 0.417 e. The first-order valence-electron chi connectivity index (χ1n) is 3.70. The lowest BCUT2D eigenvalue weighted by Gasteiger charge is -2.08. The van der Waals surface area contributed by atoms with Crippen molar-refractivity contribution in [1.82, 2.24) is 4.57 Å². The van der Waals surface area contributed by atoms with Crippen LogP contribution in [0.2, 0.25) is 0 Å². The van der Waals surface area contributed by atoms with Gasteiger partial charge in [-0.25, -0.2) is 4.39 Å². The van der Waals surface area contributed by atoms with Crippen LogP contribution in [0.3, 0.4) is 0 Å². The molecule has 3 nitrogen and oxygen atoms in total. The molecule has 0 spiro atoms. The number of hydrogen-bond acceptors (Lipinski definition) is 2. The smallest absolute Gasteiger partial charge is 0.299 e. The summed E-state index contributed by atoms with van der Waals surface area (Å²) < 4.78 is 49.6. The van der Waals surface area contributed by atoms with Gasteiger partial charge in [0.25, 0.3) is 5.56 Å². The molecule has 0 saturated heterocycles. The van der Waals surface area contributed by atoms with Gasteiger partial charge in [-0.3, -0.25) is 9.36 Å². The summed E-state index contributed by atoms with van der Waals surface area (Å²) in [5.74, 6) is -1.53. The molecule has 1 rings (SSSR count). The fourth-order valence-electron chi connectivity index (χ4n) is 0.948. The highest BCUT2D eigenvalue weighted by Gasteiger charge is 2.32. The van der Waals surface area contributed by atoms with Crippen LogP contribution >= 0.6 is 0 Å². The maximum atomic E-state index is 12.8. The molecule has 0 aliphatic rings. The second kappa shape index (κ2) is 3.73. The minimum absolute atomic E-state index is 0.107. The number of nitrogens with zero attached hydrogens (tertiary/aromatic N) is 2. The summed E-state index contributed by atoms with van der Waals surface area (Å²) in [7, 11) is 0. The Kier molecular flexibility index (Phi) is 2.79. The van der Waals surface area contributed by atoms with Gasteiger partial charge in [0.1, 0.15) is 6.54 Å². The monoisotopic (exact) mass is 220 g/mol. The van der Waals surface area contributed by atoms with E-state index in [0.29, 0.717) is 10.8 Å². The number of halogens is 4. The number of rotatable bonds is 1. The van der Waals surface area contributed by atoms with Crippen molar-refractivity contribution in [3.05, 3.63) is 34.0 Å². The molecule has 0 unspecified atom stereocenters. The van der Waals surface area contributed by atoms with E-state index in [2.05, 4.69) is 0 Å². The second-order valence-corrected chi connectivity index (χ2v) is 2.67. The summed E-state index contributed by atoms with van der Waals surface area (Å²) in [6, 6.07) is 1.57. The van der Waals surface area contributed by atoms with Crippen molar-refractivity contribution in [3.8, 4) is 6.07 Å². The Labute approximate surface area is 81.2 Å². The average Bonchev–Trinajstić information content (AvgIpc) is 2.11. The third-order valence-electron chi connectivity index (χ3n) is 1.61. The van der Waals surface area contributed by atoms with Crippen molar-refractivity contribution in [2.24, 2.45) is 0 Å². The van der Waals surface area contributed by atoms with Crippen LogP contribution in [-0.2, 0) is 12.7 Å². The molecule has 0 saturated carbocycles. The van der Waals surface area contributed by atoms with E-state index in [-0.39, 0.29) is 6.07 Å². The highest BCUT2D eigenvalue weighted by molar-refractivity contribution is 5.15. The van der Waals surface area contributed by atoms with Gasteiger partial charge in [-0.05, 0) is 6.07 Å². The molecule has 0 radical (unpaired) electrons. The van der Waals surface area contributed by atoms with Crippen molar-refractivity contribution in [1.29, 1.82) is 5.26 Å². The van der Waals surface area contributed by atoms with Crippen LogP contribution in [0.25, 0.3) is 0 Å². The molecule has 15 heavy (non-hydrogen) atoms. The molecule has 0 bridgehead atoms. The van der Waals surface area contributed by atoms with Crippen molar-refractivity contribution < 1.29 is 17.6 Å². The lowest BCUT2D eigenvalue weighted by molar-refractivity contribution is -0.138. The minimum atomic E-state index is -4.74. The Bertz CT molecular complexity index is 469. The Morgan fingerprint density at radius 2 is 2.07 bits per heavy atom. The summed E-state index contributed by atoms with van der Waals surface area (Å²) in [6.07, 6.45) is -4.33. The summed E-state index contributed by atoms with van der Waals surface area (Å²) in [5, 5.41) is 8.22. The average molecular weight is 220 g/mol. The van der Waals surface area contributed by atoms with Crippen molar-refractivity contribution in [2.75, 3.05) is 0 Å². The van der Waals surface area contributed by atoms with Crippen LogP contribution in [0.5, 0.6) is 0 Å². The molecule has 80 valence electrons. The summed E-state index contributed by atoms with van der Waals surface area (Å²) in [5.41, 5.74) is -2.54. The molecular weight excluding hydrogens is 216 g/mol. The second-order valence-electron chi connectivity index (χ2n) is 2.67. The summed E-state index contributed by atoms with van der Waals surface area (Å²) in [6.45, 7) is -0.625. The van der Waals surface area contributed by atoms with Crippen LogP contribution in [-0.4, -0.2) is 4.57 Å². The normalized spacial score (nSPS) is 11.1. The SMILES string of the molecule is N#CCn1cc(C(F)(F)F)cc(F)c1=O. The quantitative estimate of drug-likeness (QED) is 0.673. The van der Waals surface area contributed by atoms with Crippen LogP contribution in [0.4, 0.5) is 17.6 Å². The standard InChI is InChI=1S/C8H4F4N2O/c9-6-3-5(8(10,11)12)4-14(2-1-13)7(6)15/h3-4H,2H2. The summed E-state index contributed by atoms with van der Waals surface area (Å²) in [4.78, 5) is 10.9. The molecule has 0 atom stereocenters. The Hall–Kier alpha value is -1.84. The fraction of sp³-hybridized carbons (Fsp3) is 0.250. The van der Waals surface area contributed by atoms with Gasteiger partial charge in [-0.15, -0.1) is 0 Å². The van der Waals surface area contributed by atoms with Crippen LogP contribution in [0, 0.1) is 17.1 Å². The highest BCUT2D eigenvalue weighted by atomic mass is 19.4. The van der Waals surface area contributed by atoms with E-state index in [0.717, 1.165) is 0 Å². The lowest BCUT2D eigenvalue weighted by atomic mass is 10.2. The molecule has 1 aromatic rings. The van der Waals surface area contributed by atoms with Gasteiger partial charge < -0.3 is 0 Å². The highest BCUT2D eigenvalue weighted by Crippen LogP contribution is 2.28. The van der Waals surface area contributed by atoms with Gasteiger partial charge in [0.2, 0.25) is 0 Å². The molecule has 0 fully saturated rings. The van der Waals surface area contributed by atoms with E-state index in [1.807, 2.05) is 0 Å². The van der Waals surface area contributed by atoms with Crippen molar-refractivity contribution >= 4 is 0 Å². The minimum Gasteiger partial charge on any atom is -0.299 e. The number of nitriles is 1. The first kappa shape index (κ1) is 11.2. The number of hydrogen-bond donors (Lipinski definition) is 0. The first-order chi connectivity index (χ1) is 6.86. The Balaban J connectivity index is 3.38. The number of aromatic nitrogens is 1. The third kappa shape index (κ3) is 2.34. The molecule has 1 heterocycles. The third-order valence-corrected chi connectivity index (χ3v) is 1.61. The predicted molar refractivity (Wildman–Crippen MR) is 41.3 cm³/mol. The molecule has 0 aliphatic heterocycles. The van der Waals surface area contributed by atoms with Crippen LogP contribution in [0.15, 0.2) is 17.1 Å². The molecular formula is C8H4F4N2O. The molecule has 0 aliphatic carbocycles. The summed E-state index contributed by atoms with van der Waals surface area (Å²) >= 11 is 0. The molecule has 1 aromatic heterocycles. The largest absolute Gasteiger partial charge is 0.417 e. The van der Waals surface area contributed by atoms with E-state index in [1.54, 1.807) is 0 Å². The molecule has 7 heteroatoms. The lowest BCUT2D eigenvalue weighted by Crippen LogP contribution is -2.24.